The van der Waals surface area contributed by atoms with Crippen LogP contribution in [0.1, 0.15) is 51.9 Å². The van der Waals surface area contributed by atoms with Crippen LogP contribution in [0, 0.1) is 0 Å². The van der Waals surface area contributed by atoms with Crippen molar-refractivity contribution in [2.75, 3.05) is 6.54 Å². The zero-order chi connectivity index (χ0) is 10.7. The summed E-state index contributed by atoms with van der Waals surface area (Å²) in [5.41, 5.74) is 0. The number of nitrogens with one attached hydrogen (secondary N) is 1. The Morgan fingerprint density at radius 2 is 1.80 bits per heavy atom. The van der Waals surface area contributed by atoms with Gasteiger partial charge in [-0.25, -0.2) is 4.79 Å². The molecular formula is C12H22N2O. The highest BCUT2D eigenvalue weighted by Crippen LogP contribution is 2.34. The van der Waals surface area contributed by atoms with Gasteiger partial charge in [0.15, 0.2) is 0 Å². The molecule has 2 aliphatic rings. The van der Waals surface area contributed by atoms with E-state index in [-0.39, 0.29) is 6.03 Å². The smallest absolute Gasteiger partial charge is 0.317 e. The third-order valence-corrected chi connectivity index (χ3v) is 3.42. The fraction of sp³-hybridized carbons (Fsp3) is 0.917. The molecule has 0 aromatic heterocycles. The Morgan fingerprint density at radius 1 is 1.20 bits per heavy atom. The Labute approximate surface area is 92.2 Å². The van der Waals surface area contributed by atoms with Gasteiger partial charge in [0.2, 0.25) is 0 Å². The zero-order valence-electron chi connectivity index (χ0n) is 9.67. The molecule has 2 fully saturated rings. The molecule has 2 amide bonds. The first-order valence-corrected chi connectivity index (χ1v) is 6.39. The van der Waals surface area contributed by atoms with Gasteiger partial charge < -0.3 is 10.2 Å². The Kier molecular flexibility index (Phi) is 3.49. The van der Waals surface area contributed by atoms with Gasteiger partial charge in [0.05, 0.1) is 0 Å². The second-order valence-electron chi connectivity index (χ2n) is 4.81. The van der Waals surface area contributed by atoms with Crippen LogP contribution in [0.2, 0.25) is 0 Å². The maximum Gasteiger partial charge on any atom is 0.317 e. The van der Waals surface area contributed by atoms with Gasteiger partial charge in [-0.15, -0.1) is 0 Å². The number of urea groups is 1. The molecule has 2 aliphatic carbocycles. The van der Waals surface area contributed by atoms with Crippen molar-refractivity contribution in [1.29, 1.82) is 0 Å². The van der Waals surface area contributed by atoms with E-state index in [0.29, 0.717) is 12.1 Å². The van der Waals surface area contributed by atoms with Crippen molar-refractivity contribution in [3.8, 4) is 0 Å². The van der Waals surface area contributed by atoms with Crippen LogP contribution in [0.15, 0.2) is 0 Å². The summed E-state index contributed by atoms with van der Waals surface area (Å²) in [7, 11) is 0. The normalized spacial score (nSPS) is 21.7. The number of rotatable bonds is 4. The van der Waals surface area contributed by atoms with Crippen molar-refractivity contribution >= 4 is 6.03 Å². The van der Waals surface area contributed by atoms with E-state index >= 15 is 0 Å². The molecule has 0 heterocycles. The van der Waals surface area contributed by atoms with E-state index in [4.69, 9.17) is 0 Å². The summed E-state index contributed by atoms with van der Waals surface area (Å²) in [5.74, 6) is 0. The minimum absolute atomic E-state index is 0.186. The lowest BCUT2D eigenvalue weighted by Gasteiger charge is -2.29. The van der Waals surface area contributed by atoms with Gasteiger partial charge in [-0.3, -0.25) is 0 Å². The Bertz CT molecular complexity index is 220. The summed E-state index contributed by atoms with van der Waals surface area (Å²) in [4.78, 5) is 14.1. The molecule has 0 aromatic carbocycles. The average molecular weight is 210 g/mol. The molecule has 0 aromatic rings. The molecule has 3 heteroatoms. The second-order valence-corrected chi connectivity index (χ2v) is 4.81. The molecule has 0 radical (unpaired) electrons. The van der Waals surface area contributed by atoms with Crippen molar-refractivity contribution < 1.29 is 4.79 Å². The highest BCUT2D eigenvalue weighted by atomic mass is 16.2. The minimum Gasteiger partial charge on any atom is -0.338 e. The van der Waals surface area contributed by atoms with Crippen LogP contribution in [0.3, 0.4) is 0 Å². The Morgan fingerprint density at radius 3 is 2.33 bits per heavy atom. The number of nitrogens with zero attached hydrogens (tertiary/aromatic N) is 1. The first-order valence-electron chi connectivity index (χ1n) is 6.39. The number of amides is 2. The summed E-state index contributed by atoms with van der Waals surface area (Å²) in [6, 6.07) is 1.28. The fourth-order valence-corrected chi connectivity index (χ4v) is 2.49. The molecule has 0 bridgehead atoms. The van der Waals surface area contributed by atoms with Gasteiger partial charge in [0, 0.05) is 18.6 Å². The molecule has 3 nitrogen and oxygen atoms in total. The van der Waals surface area contributed by atoms with Crippen LogP contribution >= 0.6 is 0 Å². The molecule has 0 aliphatic heterocycles. The summed E-state index contributed by atoms with van der Waals surface area (Å²) in [5, 5.41) is 3.02. The highest BCUT2D eigenvalue weighted by molar-refractivity contribution is 5.75. The fourth-order valence-electron chi connectivity index (χ4n) is 2.49. The quantitative estimate of drug-likeness (QED) is 0.759. The second kappa shape index (κ2) is 4.86. The van der Waals surface area contributed by atoms with Crippen LogP contribution in [0.4, 0.5) is 4.79 Å². The average Bonchev–Trinajstić information content (AvgIpc) is 2.91. The molecule has 2 rings (SSSR count). The van der Waals surface area contributed by atoms with Crippen molar-refractivity contribution in [3.63, 3.8) is 0 Å². The van der Waals surface area contributed by atoms with Gasteiger partial charge in [-0.1, -0.05) is 19.8 Å². The van der Waals surface area contributed by atoms with E-state index in [0.717, 1.165) is 13.0 Å². The van der Waals surface area contributed by atoms with Crippen LogP contribution in [-0.4, -0.2) is 29.6 Å². The lowest BCUT2D eigenvalue weighted by atomic mass is 10.2. The molecule has 15 heavy (non-hydrogen) atoms. The van der Waals surface area contributed by atoms with Crippen LogP contribution in [0.5, 0.6) is 0 Å². The maximum absolute atomic E-state index is 12.0. The molecule has 2 saturated carbocycles. The summed E-state index contributed by atoms with van der Waals surface area (Å²) >= 11 is 0. The van der Waals surface area contributed by atoms with Crippen molar-refractivity contribution in [1.82, 2.24) is 10.2 Å². The van der Waals surface area contributed by atoms with Crippen LogP contribution in [0.25, 0.3) is 0 Å². The predicted octanol–water partition coefficient (Wildman–Crippen LogP) is 2.51. The van der Waals surface area contributed by atoms with Gasteiger partial charge in [0.1, 0.15) is 0 Å². The number of hydrogen-bond acceptors (Lipinski definition) is 1. The molecule has 1 N–H and O–H groups in total. The van der Waals surface area contributed by atoms with E-state index < -0.39 is 0 Å². The lowest BCUT2D eigenvalue weighted by molar-refractivity contribution is 0.171. The zero-order valence-corrected chi connectivity index (χ0v) is 9.67. The largest absolute Gasteiger partial charge is 0.338 e. The first kappa shape index (κ1) is 10.8. The predicted molar refractivity (Wildman–Crippen MR) is 60.8 cm³/mol. The number of carbonyl (C=O) groups excluding carboxylic acids is 1. The van der Waals surface area contributed by atoms with E-state index in [9.17, 15) is 4.79 Å². The maximum atomic E-state index is 12.0. The lowest BCUT2D eigenvalue weighted by Crippen LogP contribution is -2.46. The number of hydrogen-bond donors (Lipinski definition) is 1. The Hall–Kier alpha value is -0.730. The SMILES string of the molecule is CCCNC(=O)N(C1CCCC1)C1CC1. The highest BCUT2D eigenvalue weighted by Gasteiger charge is 2.38. The van der Waals surface area contributed by atoms with E-state index in [1.165, 1.54) is 38.5 Å². The molecule has 0 atom stereocenters. The van der Waals surface area contributed by atoms with Crippen LogP contribution < -0.4 is 5.32 Å². The topological polar surface area (TPSA) is 32.3 Å². The van der Waals surface area contributed by atoms with Crippen molar-refractivity contribution in [2.45, 2.75) is 64.0 Å². The number of carbonyl (C=O) groups is 1. The Balaban J connectivity index is 1.89. The van der Waals surface area contributed by atoms with Crippen molar-refractivity contribution in [3.05, 3.63) is 0 Å². The molecular weight excluding hydrogens is 188 g/mol. The first-order chi connectivity index (χ1) is 7.33. The van der Waals surface area contributed by atoms with Gasteiger partial charge in [-0.05, 0) is 32.1 Å². The molecule has 0 saturated heterocycles. The molecule has 0 unspecified atom stereocenters. The van der Waals surface area contributed by atoms with Gasteiger partial charge in [-0.2, -0.15) is 0 Å². The van der Waals surface area contributed by atoms with E-state index in [1.54, 1.807) is 0 Å². The van der Waals surface area contributed by atoms with Crippen molar-refractivity contribution in [2.24, 2.45) is 0 Å². The standard InChI is InChI=1S/C12H22N2O/c1-2-9-13-12(15)14(11-7-8-11)10-5-3-4-6-10/h10-11H,2-9H2,1H3,(H,13,15). The van der Waals surface area contributed by atoms with Gasteiger partial charge >= 0.3 is 6.03 Å². The monoisotopic (exact) mass is 210 g/mol. The third-order valence-electron chi connectivity index (χ3n) is 3.42. The summed E-state index contributed by atoms with van der Waals surface area (Å²) in [6.07, 6.45) is 8.50. The molecule has 0 spiro atoms. The van der Waals surface area contributed by atoms with Gasteiger partial charge in [0.25, 0.3) is 0 Å². The minimum atomic E-state index is 0.186. The van der Waals surface area contributed by atoms with E-state index in [1.807, 2.05) is 0 Å². The third kappa shape index (κ3) is 2.64. The summed E-state index contributed by atoms with van der Waals surface area (Å²) < 4.78 is 0. The molecule has 86 valence electrons. The van der Waals surface area contributed by atoms with Crippen LogP contribution in [-0.2, 0) is 0 Å². The van der Waals surface area contributed by atoms with E-state index in [2.05, 4.69) is 17.1 Å². The summed E-state index contributed by atoms with van der Waals surface area (Å²) in [6.45, 7) is 2.91.